The molecule has 0 aliphatic carbocycles. The molecule has 0 aliphatic heterocycles. The van der Waals surface area contributed by atoms with Gasteiger partial charge < -0.3 is 11.1 Å². The van der Waals surface area contributed by atoms with E-state index >= 15 is 0 Å². The van der Waals surface area contributed by atoms with Crippen LogP contribution in [0.3, 0.4) is 0 Å². The SMILES string of the molecule is C=CCCNc1ccccc1CN. The molecule has 0 spiro atoms. The van der Waals surface area contributed by atoms with E-state index < -0.39 is 0 Å². The number of rotatable bonds is 5. The summed E-state index contributed by atoms with van der Waals surface area (Å²) < 4.78 is 0. The Morgan fingerprint density at radius 3 is 2.85 bits per heavy atom. The van der Waals surface area contributed by atoms with Crippen molar-refractivity contribution in [3.8, 4) is 0 Å². The molecule has 0 saturated heterocycles. The van der Waals surface area contributed by atoms with Crippen LogP contribution in [0.15, 0.2) is 36.9 Å². The minimum absolute atomic E-state index is 0.581. The van der Waals surface area contributed by atoms with E-state index in [1.165, 1.54) is 0 Å². The average Bonchev–Trinajstić information content (AvgIpc) is 2.19. The molecule has 0 heterocycles. The number of para-hydroxylation sites is 1. The van der Waals surface area contributed by atoms with Crippen molar-refractivity contribution in [2.24, 2.45) is 5.73 Å². The Bertz CT molecular complexity index is 269. The van der Waals surface area contributed by atoms with Crippen LogP contribution in [0.1, 0.15) is 12.0 Å². The van der Waals surface area contributed by atoms with Crippen LogP contribution in [0.25, 0.3) is 0 Å². The molecule has 70 valence electrons. The fraction of sp³-hybridized carbons (Fsp3) is 0.273. The van der Waals surface area contributed by atoms with Crippen molar-refractivity contribution in [2.75, 3.05) is 11.9 Å². The largest absolute Gasteiger partial charge is 0.384 e. The number of hydrogen-bond acceptors (Lipinski definition) is 2. The number of anilines is 1. The van der Waals surface area contributed by atoms with Crippen LogP contribution in [0.2, 0.25) is 0 Å². The van der Waals surface area contributed by atoms with Gasteiger partial charge in [-0.3, -0.25) is 0 Å². The highest BCUT2D eigenvalue weighted by Gasteiger charge is 1.96. The van der Waals surface area contributed by atoms with Gasteiger partial charge in [-0.15, -0.1) is 6.58 Å². The zero-order chi connectivity index (χ0) is 9.52. The Balaban J connectivity index is 2.58. The van der Waals surface area contributed by atoms with E-state index in [9.17, 15) is 0 Å². The Morgan fingerprint density at radius 1 is 1.38 bits per heavy atom. The molecule has 1 aromatic carbocycles. The predicted molar refractivity (Wildman–Crippen MR) is 57.6 cm³/mol. The van der Waals surface area contributed by atoms with E-state index in [4.69, 9.17) is 5.73 Å². The normalized spacial score (nSPS) is 9.62. The molecule has 0 bridgehead atoms. The van der Waals surface area contributed by atoms with Crippen molar-refractivity contribution in [1.82, 2.24) is 0 Å². The lowest BCUT2D eigenvalue weighted by Crippen LogP contribution is -2.05. The lowest BCUT2D eigenvalue weighted by molar-refractivity contribution is 1.03. The van der Waals surface area contributed by atoms with Crippen LogP contribution in [0.4, 0.5) is 5.69 Å². The van der Waals surface area contributed by atoms with Gasteiger partial charge in [-0.25, -0.2) is 0 Å². The molecule has 2 nitrogen and oxygen atoms in total. The Hall–Kier alpha value is -1.28. The first-order valence-corrected chi connectivity index (χ1v) is 4.51. The molecule has 13 heavy (non-hydrogen) atoms. The van der Waals surface area contributed by atoms with Crippen LogP contribution < -0.4 is 11.1 Å². The van der Waals surface area contributed by atoms with Crippen LogP contribution in [-0.4, -0.2) is 6.54 Å². The first kappa shape index (κ1) is 9.81. The maximum Gasteiger partial charge on any atom is 0.0385 e. The van der Waals surface area contributed by atoms with Gasteiger partial charge >= 0.3 is 0 Å². The van der Waals surface area contributed by atoms with E-state index in [1.54, 1.807) is 0 Å². The van der Waals surface area contributed by atoms with Crippen molar-refractivity contribution >= 4 is 5.69 Å². The summed E-state index contributed by atoms with van der Waals surface area (Å²) in [5.74, 6) is 0. The van der Waals surface area contributed by atoms with E-state index in [-0.39, 0.29) is 0 Å². The van der Waals surface area contributed by atoms with E-state index in [0.29, 0.717) is 6.54 Å². The molecule has 0 radical (unpaired) electrons. The van der Waals surface area contributed by atoms with Gasteiger partial charge in [0, 0.05) is 18.8 Å². The molecule has 0 fully saturated rings. The van der Waals surface area contributed by atoms with E-state index in [2.05, 4.69) is 11.9 Å². The summed E-state index contributed by atoms with van der Waals surface area (Å²) in [4.78, 5) is 0. The topological polar surface area (TPSA) is 38.0 Å². The van der Waals surface area contributed by atoms with Crippen molar-refractivity contribution in [2.45, 2.75) is 13.0 Å². The van der Waals surface area contributed by atoms with Gasteiger partial charge in [0.25, 0.3) is 0 Å². The summed E-state index contributed by atoms with van der Waals surface area (Å²) >= 11 is 0. The van der Waals surface area contributed by atoms with Crippen LogP contribution in [0.5, 0.6) is 0 Å². The molecule has 0 atom stereocenters. The zero-order valence-electron chi connectivity index (χ0n) is 7.79. The Morgan fingerprint density at radius 2 is 2.15 bits per heavy atom. The lowest BCUT2D eigenvalue weighted by Gasteiger charge is -2.08. The first-order chi connectivity index (χ1) is 6.38. The molecule has 3 N–H and O–H groups in total. The molecule has 0 amide bonds. The lowest BCUT2D eigenvalue weighted by atomic mass is 10.2. The van der Waals surface area contributed by atoms with Gasteiger partial charge in [-0.05, 0) is 18.1 Å². The molecular formula is C11H16N2. The quantitative estimate of drug-likeness (QED) is 0.533. The molecule has 1 aromatic rings. The number of nitrogens with one attached hydrogen (secondary N) is 1. The summed E-state index contributed by atoms with van der Waals surface area (Å²) in [7, 11) is 0. The third kappa shape index (κ3) is 2.92. The fourth-order valence-corrected chi connectivity index (χ4v) is 1.18. The van der Waals surface area contributed by atoms with Gasteiger partial charge in [-0.2, -0.15) is 0 Å². The number of nitrogens with two attached hydrogens (primary N) is 1. The number of hydrogen-bond donors (Lipinski definition) is 2. The van der Waals surface area contributed by atoms with Crippen LogP contribution in [0, 0.1) is 0 Å². The van der Waals surface area contributed by atoms with Gasteiger partial charge in [0.2, 0.25) is 0 Å². The summed E-state index contributed by atoms with van der Waals surface area (Å²) in [5.41, 5.74) is 7.88. The highest BCUT2D eigenvalue weighted by atomic mass is 14.9. The van der Waals surface area contributed by atoms with Crippen LogP contribution >= 0.6 is 0 Å². The minimum Gasteiger partial charge on any atom is -0.384 e. The van der Waals surface area contributed by atoms with Gasteiger partial charge in [-0.1, -0.05) is 24.3 Å². The standard InChI is InChI=1S/C11H16N2/c1-2-3-8-13-11-7-5-4-6-10(11)9-12/h2,4-7,13H,1,3,8-9,12H2. The minimum atomic E-state index is 0.581. The predicted octanol–water partition coefficient (Wildman–Crippen LogP) is 2.13. The van der Waals surface area contributed by atoms with Crippen molar-refractivity contribution in [3.05, 3.63) is 42.5 Å². The molecule has 0 saturated carbocycles. The highest BCUT2D eigenvalue weighted by molar-refractivity contribution is 5.50. The summed E-state index contributed by atoms with van der Waals surface area (Å²) in [6.45, 7) is 5.17. The average molecular weight is 176 g/mol. The van der Waals surface area contributed by atoms with Gasteiger partial charge in [0.05, 0.1) is 0 Å². The van der Waals surface area contributed by atoms with Crippen molar-refractivity contribution in [3.63, 3.8) is 0 Å². The summed E-state index contributed by atoms with van der Waals surface area (Å²) in [6.07, 6.45) is 2.87. The van der Waals surface area contributed by atoms with Crippen LogP contribution in [-0.2, 0) is 6.54 Å². The second-order valence-electron chi connectivity index (χ2n) is 2.87. The number of benzene rings is 1. The zero-order valence-corrected chi connectivity index (χ0v) is 7.79. The van der Waals surface area contributed by atoms with E-state index in [1.807, 2.05) is 30.3 Å². The smallest absolute Gasteiger partial charge is 0.0385 e. The molecule has 0 aromatic heterocycles. The molecule has 1 rings (SSSR count). The Labute approximate surface area is 79.5 Å². The Kier molecular flexibility index (Phi) is 4.06. The highest BCUT2D eigenvalue weighted by Crippen LogP contribution is 2.13. The maximum atomic E-state index is 5.59. The monoisotopic (exact) mass is 176 g/mol. The second kappa shape index (κ2) is 5.38. The second-order valence-corrected chi connectivity index (χ2v) is 2.87. The molecule has 0 aliphatic rings. The van der Waals surface area contributed by atoms with Crippen molar-refractivity contribution < 1.29 is 0 Å². The van der Waals surface area contributed by atoms with E-state index in [0.717, 1.165) is 24.2 Å². The van der Waals surface area contributed by atoms with Crippen molar-refractivity contribution in [1.29, 1.82) is 0 Å². The summed E-state index contributed by atoms with van der Waals surface area (Å²) in [6, 6.07) is 8.10. The first-order valence-electron chi connectivity index (χ1n) is 4.51. The fourth-order valence-electron chi connectivity index (χ4n) is 1.18. The van der Waals surface area contributed by atoms with Gasteiger partial charge in [0.15, 0.2) is 0 Å². The summed E-state index contributed by atoms with van der Waals surface area (Å²) in [5, 5.41) is 3.31. The third-order valence-corrected chi connectivity index (χ3v) is 1.90. The molecule has 2 heteroatoms. The molecular weight excluding hydrogens is 160 g/mol. The third-order valence-electron chi connectivity index (χ3n) is 1.90. The molecule has 0 unspecified atom stereocenters. The maximum absolute atomic E-state index is 5.59. The van der Waals surface area contributed by atoms with Gasteiger partial charge in [0.1, 0.15) is 0 Å².